The summed E-state index contributed by atoms with van der Waals surface area (Å²) in [6.07, 6.45) is 0.933. The average molecular weight is 730 g/mol. The van der Waals surface area contributed by atoms with E-state index in [2.05, 4.69) is 137 Å². The predicted molar refractivity (Wildman–Crippen MR) is 233 cm³/mol. The number of rotatable bonds is 10. The fourth-order valence-electron chi connectivity index (χ4n) is 7.32. The number of amidine groups is 2. The Balaban J connectivity index is 1.32. The number of hydrogen-bond donors (Lipinski definition) is 0. The van der Waals surface area contributed by atoms with Crippen LogP contribution in [-0.2, 0) is 6.54 Å². The summed E-state index contributed by atoms with van der Waals surface area (Å²) in [7, 11) is 0. The Labute approximate surface area is 331 Å². The highest BCUT2D eigenvalue weighted by molar-refractivity contribution is 6.16. The van der Waals surface area contributed by atoms with Gasteiger partial charge >= 0.3 is 0 Å². The van der Waals surface area contributed by atoms with Crippen molar-refractivity contribution in [2.75, 3.05) is 0 Å². The molecule has 1 heterocycles. The molecule has 0 aromatic heterocycles. The van der Waals surface area contributed by atoms with Gasteiger partial charge in [-0.2, -0.15) is 5.26 Å². The van der Waals surface area contributed by atoms with Gasteiger partial charge in [0.2, 0.25) is 0 Å². The van der Waals surface area contributed by atoms with Crippen LogP contribution >= 0.6 is 0 Å². The van der Waals surface area contributed by atoms with Gasteiger partial charge in [-0.15, -0.1) is 0 Å². The van der Waals surface area contributed by atoms with Crippen LogP contribution in [0.4, 0.5) is 0 Å². The zero-order chi connectivity index (χ0) is 38.9. The molecule has 4 unspecified atom stereocenters. The van der Waals surface area contributed by atoms with Crippen molar-refractivity contribution < 1.29 is 0 Å². The molecular weight excluding hydrogens is 683 g/mol. The maximum absolute atomic E-state index is 9.71. The molecule has 0 bridgehead atoms. The highest BCUT2D eigenvalue weighted by atomic mass is 15.0. The van der Waals surface area contributed by atoms with Crippen LogP contribution in [0.25, 0.3) is 11.1 Å². The van der Waals surface area contributed by atoms with Crippen LogP contribution in [0.2, 0.25) is 0 Å². The first-order chi connectivity index (χ1) is 27.4. The molecule has 0 saturated heterocycles. The fourth-order valence-corrected chi connectivity index (χ4v) is 7.32. The van der Waals surface area contributed by atoms with Crippen LogP contribution in [-0.4, -0.2) is 23.1 Å². The number of benzene rings is 6. The summed E-state index contributed by atoms with van der Waals surface area (Å²) in [6.45, 7) is 9.52. The van der Waals surface area contributed by atoms with Crippen molar-refractivity contribution in [3.8, 4) is 17.2 Å². The molecule has 1 aliphatic rings. The van der Waals surface area contributed by atoms with E-state index in [-0.39, 0.29) is 23.8 Å². The van der Waals surface area contributed by atoms with E-state index in [1.54, 1.807) is 0 Å². The molecule has 0 aliphatic carbocycles. The Kier molecular flexibility index (Phi) is 12.0. The van der Waals surface area contributed by atoms with Crippen LogP contribution in [0.1, 0.15) is 79.1 Å². The second-order valence-electron chi connectivity index (χ2n) is 14.6. The zero-order valence-corrected chi connectivity index (χ0v) is 32.5. The van der Waals surface area contributed by atoms with Gasteiger partial charge in [0.25, 0.3) is 0 Å². The van der Waals surface area contributed by atoms with Crippen molar-refractivity contribution in [2.24, 2.45) is 37.7 Å². The monoisotopic (exact) mass is 729 g/mol. The van der Waals surface area contributed by atoms with Gasteiger partial charge in [-0.3, -0.25) is 9.98 Å². The Morgan fingerprint density at radius 2 is 1.36 bits per heavy atom. The third kappa shape index (κ3) is 8.56. The van der Waals surface area contributed by atoms with Crippen molar-refractivity contribution in [3.63, 3.8) is 0 Å². The molecule has 4 atom stereocenters. The third-order valence-corrected chi connectivity index (χ3v) is 10.9. The van der Waals surface area contributed by atoms with Crippen molar-refractivity contribution in [3.05, 3.63) is 203 Å². The lowest BCUT2D eigenvalue weighted by Gasteiger charge is -2.26. The topological polar surface area (TPSA) is 73.2 Å². The van der Waals surface area contributed by atoms with Gasteiger partial charge < -0.3 is 0 Å². The maximum atomic E-state index is 9.71. The molecule has 5 nitrogen and oxygen atoms in total. The van der Waals surface area contributed by atoms with Crippen LogP contribution in [0.15, 0.2) is 184 Å². The summed E-state index contributed by atoms with van der Waals surface area (Å²) in [4.78, 5) is 21.2. The lowest BCUT2D eigenvalue weighted by Crippen LogP contribution is -2.23. The quantitative estimate of drug-likeness (QED) is 0.102. The molecule has 276 valence electrons. The standard InChI is InChI=1S/C51H47N5/c1-5-35(2)47(54-50(40-22-11-7-12-23-40)53-34-38-19-9-6-10-20-38)46-30-16-15-29-45(46)42-26-18-28-44(32-42)49-37(4)36(3)48(43-27-17-21-39(31-43)33-52)55-51(56-49)41-24-13-8-14-25-41/h6-32,35-37,49H,5,34H2,1-4H3. The van der Waals surface area contributed by atoms with Crippen molar-refractivity contribution in [1.29, 1.82) is 5.26 Å². The molecule has 0 saturated carbocycles. The highest BCUT2D eigenvalue weighted by Crippen LogP contribution is 2.38. The summed E-state index contributed by atoms with van der Waals surface area (Å²) in [5.74, 6) is 1.78. The predicted octanol–water partition coefficient (Wildman–Crippen LogP) is 12.0. The first-order valence-corrected chi connectivity index (χ1v) is 19.6. The van der Waals surface area contributed by atoms with Crippen LogP contribution in [0, 0.1) is 29.1 Å². The first kappa shape index (κ1) is 37.8. The van der Waals surface area contributed by atoms with E-state index in [1.165, 1.54) is 0 Å². The molecule has 0 amide bonds. The normalized spacial score (nSPS) is 17.9. The summed E-state index contributed by atoms with van der Waals surface area (Å²) in [5.41, 5.74) is 11.1. The Morgan fingerprint density at radius 1 is 0.714 bits per heavy atom. The van der Waals surface area contributed by atoms with E-state index in [1.807, 2.05) is 60.7 Å². The van der Waals surface area contributed by atoms with Gasteiger partial charge in [0.1, 0.15) is 0 Å². The molecule has 56 heavy (non-hydrogen) atoms. The van der Waals surface area contributed by atoms with Crippen molar-refractivity contribution >= 4 is 23.1 Å². The minimum absolute atomic E-state index is 0.0607. The number of nitriles is 1. The minimum atomic E-state index is -0.162. The Hall–Kier alpha value is -6.51. The Bertz CT molecular complexity index is 2440. The number of hydrogen-bond acceptors (Lipinski definition) is 4. The molecule has 6 aromatic rings. The second kappa shape index (κ2) is 17.8. The second-order valence-corrected chi connectivity index (χ2v) is 14.6. The van der Waals surface area contributed by atoms with E-state index in [0.717, 1.165) is 68.2 Å². The van der Waals surface area contributed by atoms with E-state index in [0.29, 0.717) is 17.9 Å². The van der Waals surface area contributed by atoms with Gasteiger partial charge in [-0.05, 0) is 64.3 Å². The summed E-state index contributed by atoms with van der Waals surface area (Å²) in [6, 6.07) is 58.2. The van der Waals surface area contributed by atoms with Crippen LogP contribution < -0.4 is 0 Å². The number of aliphatic imine (C=N–C) groups is 4. The zero-order valence-electron chi connectivity index (χ0n) is 32.5. The molecule has 0 N–H and O–H groups in total. The van der Waals surface area contributed by atoms with Gasteiger partial charge in [-0.25, -0.2) is 9.98 Å². The average Bonchev–Trinajstić information content (AvgIpc) is 3.40. The molecule has 1 aliphatic heterocycles. The summed E-state index contributed by atoms with van der Waals surface area (Å²) >= 11 is 0. The molecule has 7 rings (SSSR count). The molecule has 0 fully saturated rings. The molecular formula is C51H47N5. The Morgan fingerprint density at radius 3 is 2.09 bits per heavy atom. The largest absolute Gasteiger partial charge is 0.261 e. The SMILES string of the molecule is CCC(C)C(=NC(=NCc1ccccc1)c1ccccc1)c1ccccc1-c1cccc(C2N=C(c3ccccc3)N=C(c3cccc(C#N)c3)C(C)C2C)c1. The molecule has 0 spiro atoms. The van der Waals surface area contributed by atoms with Gasteiger partial charge in [0.15, 0.2) is 11.7 Å². The van der Waals surface area contributed by atoms with E-state index >= 15 is 0 Å². The van der Waals surface area contributed by atoms with Gasteiger partial charge in [0, 0.05) is 22.6 Å². The van der Waals surface area contributed by atoms with Gasteiger partial charge in [-0.1, -0.05) is 173 Å². The summed E-state index contributed by atoms with van der Waals surface area (Å²) < 4.78 is 0. The molecule has 0 radical (unpaired) electrons. The summed E-state index contributed by atoms with van der Waals surface area (Å²) in [5, 5.41) is 9.71. The minimum Gasteiger partial charge on any atom is -0.261 e. The fraction of sp³-hybridized carbons (Fsp3) is 0.196. The van der Waals surface area contributed by atoms with Crippen LogP contribution in [0.3, 0.4) is 0 Å². The lowest BCUT2D eigenvalue weighted by atomic mass is 9.80. The smallest absolute Gasteiger partial charge is 0.155 e. The first-order valence-electron chi connectivity index (χ1n) is 19.6. The van der Waals surface area contributed by atoms with E-state index < -0.39 is 0 Å². The maximum Gasteiger partial charge on any atom is 0.155 e. The van der Waals surface area contributed by atoms with Crippen molar-refractivity contribution in [2.45, 2.75) is 46.7 Å². The highest BCUT2D eigenvalue weighted by Gasteiger charge is 2.32. The third-order valence-electron chi connectivity index (χ3n) is 10.9. The van der Waals surface area contributed by atoms with E-state index in [4.69, 9.17) is 20.0 Å². The molecule has 6 aromatic carbocycles. The van der Waals surface area contributed by atoms with Gasteiger partial charge in [0.05, 0.1) is 35.6 Å². The lowest BCUT2D eigenvalue weighted by molar-refractivity contribution is 0.406. The van der Waals surface area contributed by atoms with Crippen LogP contribution in [0.5, 0.6) is 0 Å². The molecule has 5 heteroatoms. The number of nitrogens with zero attached hydrogens (tertiary/aromatic N) is 5. The van der Waals surface area contributed by atoms with E-state index in [9.17, 15) is 5.26 Å². The van der Waals surface area contributed by atoms with Crippen molar-refractivity contribution in [1.82, 2.24) is 0 Å².